The molecule has 0 spiro atoms. The van der Waals surface area contributed by atoms with Crippen LogP contribution in [0.5, 0.6) is 0 Å². The summed E-state index contributed by atoms with van der Waals surface area (Å²) in [7, 11) is 2.78. The number of ether oxygens (including phenoxy) is 1. The molecular weight excluding hydrogens is 438 g/mol. The van der Waals surface area contributed by atoms with Crippen molar-refractivity contribution in [3.8, 4) is 0 Å². The van der Waals surface area contributed by atoms with Gasteiger partial charge in [0.05, 0.1) is 19.6 Å². The lowest BCUT2D eigenvalue weighted by atomic mass is 9.91. The maximum absolute atomic E-state index is 13.2. The summed E-state index contributed by atoms with van der Waals surface area (Å²) in [5.41, 5.74) is 5.79. The third kappa shape index (κ3) is 4.75. The van der Waals surface area contributed by atoms with Crippen molar-refractivity contribution in [1.82, 2.24) is 15.1 Å². The molecule has 0 aromatic heterocycles. The van der Waals surface area contributed by atoms with E-state index in [1.807, 2.05) is 6.07 Å². The van der Waals surface area contributed by atoms with Crippen molar-refractivity contribution in [3.63, 3.8) is 0 Å². The molecule has 0 aliphatic carbocycles. The summed E-state index contributed by atoms with van der Waals surface area (Å²) in [6.07, 6.45) is -0.0802. The van der Waals surface area contributed by atoms with Crippen LogP contribution >= 0.6 is 0 Å². The van der Waals surface area contributed by atoms with Gasteiger partial charge in [-0.15, -0.1) is 0 Å². The summed E-state index contributed by atoms with van der Waals surface area (Å²) in [4.78, 5) is 53.1. The molecule has 0 saturated carbocycles. The zero-order valence-corrected chi connectivity index (χ0v) is 19.2. The Labute approximate surface area is 197 Å². The maximum atomic E-state index is 13.2. The van der Waals surface area contributed by atoms with Gasteiger partial charge in [0.2, 0.25) is 5.91 Å². The van der Waals surface area contributed by atoms with Gasteiger partial charge in [-0.3, -0.25) is 24.7 Å². The van der Waals surface area contributed by atoms with Gasteiger partial charge in [0, 0.05) is 12.6 Å². The molecule has 10 heteroatoms. The number of urea groups is 1. The molecule has 2 aromatic rings. The lowest BCUT2D eigenvalue weighted by Gasteiger charge is -2.29. The normalized spacial score (nSPS) is 18.3. The second-order valence-electron chi connectivity index (χ2n) is 8.15. The van der Waals surface area contributed by atoms with Crippen LogP contribution in [-0.4, -0.2) is 60.2 Å². The molecule has 1 heterocycles. The van der Waals surface area contributed by atoms with E-state index in [0.29, 0.717) is 11.1 Å². The van der Waals surface area contributed by atoms with Crippen LogP contribution in [-0.2, 0) is 24.7 Å². The van der Waals surface area contributed by atoms with Crippen LogP contribution in [0.25, 0.3) is 0 Å². The number of nitrogens with zero attached hydrogens (tertiary/aromatic N) is 2. The van der Waals surface area contributed by atoms with Crippen LogP contribution < -0.4 is 11.1 Å². The fourth-order valence-electron chi connectivity index (χ4n) is 3.83. The van der Waals surface area contributed by atoms with E-state index in [-0.39, 0.29) is 12.3 Å². The van der Waals surface area contributed by atoms with Crippen molar-refractivity contribution in [1.29, 1.82) is 5.41 Å². The molecule has 1 saturated heterocycles. The number of rotatable bonds is 8. The van der Waals surface area contributed by atoms with Gasteiger partial charge in [0.1, 0.15) is 17.9 Å². The predicted molar refractivity (Wildman–Crippen MR) is 124 cm³/mol. The standard InChI is InChI=1S/C24H27N5O5/c1-24(17-11-9-16(10-12-17)21(25)26)22(32)29(23(33)27-24)14-19(30)28(2)18(13-20(31)34-3)15-7-5-4-6-8-15/h4-12,18H,13-14H2,1-3H3,(H3,25,26)(H,27,33). The zero-order chi connectivity index (χ0) is 25.0. The number of imide groups is 1. The number of esters is 1. The summed E-state index contributed by atoms with van der Waals surface area (Å²) in [6, 6.07) is 14.0. The minimum absolute atomic E-state index is 0.0802. The number of hydrogen-bond acceptors (Lipinski definition) is 6. The van der Waals surface area contributed by atoms with E-state index >= 15 is 0 Å². The van der Waals surface area contributed by atoms with Crippen LogP contribution in [0.15, 0.2) is 54.6 Å². The Kier molecular flexibility index (Phi) is 7.00. The van der Waals surface area contributed by atoms with Crippen molar-refractivity contribution in [2.45, 2.75) is 24.9 Å². The van der Waals surface area contributed by atoms with Gasteiger partial charge in [0.25, 0.3) is 5.91 Å². The first-order valence-corrected chi connectivity index (χ1v) is 10.5. The second kappa shape index (κ2) is 9.74. The Balaban J connectivity index is 1.80. The van der Waals surface area contributed by atoms with Gasteiger partial charge in [-0.2, -0.15) is 0 Å². The number of nitrogens with two attached hydrogens (primary N) is 1. The van der Waals surface area contributed by atoms with E-state index in [1.165, 1.54) is 19.1 Å². The first-order chi connectivity index (χ1) is 16.1. The molecule has 0 bridgehead atoms. The fourth-order valence-corrected chi connectivity index (χ4v) is 3.83. The molecule has 178 valence electrons. The molecule has 4 N–H and O–H groups in total. The first-order valence-electron chi connectivity index (χ1n) is 10.5. The average Bonchev–Trinajstić information content (AvgIpc) is 3.06. The van der Waals surface area contributed by atoms with Gasteiger partial charge in [-0.1, -0.05) is 54.6 Å². The van der Waals surface area contributed by atoms with Crippen LogP contribution in [0, 0.1) is 5.41 Å². The summed E-state index contributed by atoms with van der Waals surface area (Å²) >= 11 is 0. The van der Waals surface area contributed by atoms with Crippen molar-refractivity contribution < 1.29 is 23.9 Å². The highest BCUT2D eigenvalue weighted by atomic mass is 16.5. The van der Waals surface area contributed by atoms with Gasteiger partial charge < -0.3 is 20.7 Å². The van der Waals surface area contributed by atoms with Crippen molar-refractivity contribution in [3.05, 3.63) is 71.3 Å². The number of nitrogen functional groups attached to an aromatic ring is 1. The van der Waals surface area contributed by atoms with Crippen molar-refractivity contribution in [2.24, 2.45) is 5.73 Å². The first kappa shape index (κ1) is 24.4. The molecule has 0 radical (unpaired) electrons. The summed E-state index contributed by atoms with van der Waals surface area (Å²) in [5.74, 6) is -1.71. The van der Waals surface area contributed by atoms with Gasteiger partial charge >= 0.3 is 12.0 Å². The number of likely N-dealkylation sites (N-methyl/N-ethyl adjacent to an activating group) is 1. The molecule has 34 heavy (non-hydrogen) atoms. The highest BCUT2D eigenvalue weighted by Gasteiger charge is 2.49. The van der Waals surface area contributed by atoms with Crippen molar-refractivity contribution in [2.75, 3.05) is 20.7 Å². The fraction of sp³-hybridized carbons (Fsp3) is 0.292. The summed E-state index contributed by atoms with van der Waals surface area (Å²) in [5, 5.41) is 10.1. The second-order valence-corrected chi connectivity index (χ2v) is 8.15. The van der Waals surface area contributed by atoms with E-state index in [0.717, 1.165) is 10.5 Å². The van der Waals surface area contributed by atoms with Crippen LogP contribution in [0.2, 0.25) is 0 Å². The molecule has 2 aromatic carbocycles. The van der Waals surface area contributed by atoms with Gasteiger partial charge in [-0.25, -0.2) is 4.79 Å². The number of benzene rings is 2. The minimum Gasteiger partial charge on any atom is -0.469 e. The average molecular weight is 466 g/mol. The quantitative estimate of drug-likeness (QED) is 0.233. The summed E-state index contributed by atoms with van der Waals surface area (Å²) in [6.45, 7) is 1.06. The molecule has 2 atom stereocenters. The maximum Gasteiger partial charge on any atom is 0.325 e. The molecule has 1 aliphatic rings. The number of amidine groups is 1. The van der Waals surface area contributed by atoms with E-state index in [9.17, 15) is 19.2 Å². The SMILES string of the molecule is COC(=O)CC(c1ccccc1)N(C)C(=O)CN1C(=O)NC(C)(c2ccc(C(=N)N)cc2)C1=O. The van der Waals surface area contributed by atoms with E-state index in [2.05, 4.69) is 5.32 Å². The summed E-state index contributed by atoms with van der Waals surface area (Å²) < 4.78 is 4.77. The molecule has 3 rings (SSSR count). The number of hydrogen-bond donors (Lipinski definition) is 3. The smallest absolute Gasteiger partial charge is 0.325 e. The number of carbonyl (C=O) groups is 4. The monoisotopic (exact) mass is 465 g/mol. The predicted octanol–water partition coefficient (Wildman–Crippen LogP) is 1.50. The Morgan fingerprint density at radius 1 is 1.15 bits per heavy atom. The largest absolute Gasteiger partial charge is 0.469 e. The molecule has 1 fully saturated rings. The van der Waals surface area contributed by atoms with E-state index in [4.69, 9.17) is 15.9 Å². The van der Waals surface area contributed by atoms with Gasteiger partial charge in [-0.05, 0) is 18.1 Å². The third-order valence-corrected chi connectivity index (χ3v) is 5.97. The Morgan fingerprint density at radius 3 is 2.32 bits per heavy atom. The topological polar surface area (TPSA) is 146 Å². The number of carbonyl (C=O) groups excluding carboxylic acids is 4. The Bertz CT molecular complexity index is 1120. The van der Waals surface area contributed by atoms with E-state index in [1.54, 1.807) is 55.5 Å². The molecular formula is C24H27N5O5. The molecule has 2 unspecified atom stereocenters. The van der Waals surface area contributed by atoms with Crippen LogP contribution in [0.1, 0.15) is 36.1 Å². The zero-order valence-electron chi connectivity index (χ0n) is 19.2. The minimum atomic E-state index is -1.38. The van der Waals surface area contributed by atoms with Crippen LogP contribution in [0.3, 0.4) is 0 Å². The van der Waals surface area contributed by atoms with Crippen LogP contribution in [0.4, 0.5) is 4.79 Å². The van der Waals surface area contributed by atoms with Gasteiger partial charge in [0.15, 0.2) is 0 Å². The molecule has 10 nitrogen and oxygen atoms in total. The Hall–Kier alpha value is -4.21. The third-order valence-electron chi connectivity index (χ3n) is 5.97. The van der Waals surface area contributed by atoms with E-state index < -0.39 is 41.9 Å². The highest BCUT2D eigenvalue weighted by Crippen LogP contribution is 2.30. The lowest BCUT2D eigenvalue weighted by Crippen LogP contribution is -2.44. The lowest BCUT2D eigenvalue weighted by molar-refractivity contribution is -0.144. The van der Waals surface area contributed by atoms with Crippen molar-refractivity contribution >= 4 is 29.7 Å². The molecule has 1 aliphatic heterocycles. The number of amides is 4. The highest BCUT2D eigenvalue weighted by molar-refractivity contribution is 6.09. The number of methoxy groups -OCH3 is 1. The Morgan fingerprint density at radius 2 is 1.76 bits per heavy atom. The molecule has 4 amide bonds. The number of nitrogens with one attached hydrogen (secondary N) is 2.